The van der Waals surface area contributed by atoms with Gasteiger partial charge in [0.05, 0.1) is 17.5 Å². The molecule has 8 heteroatoms. The van der Waals surface area contributed by atoms with E-state index in [1.165, 1.54) is 17.3 Å². The van der Waals surface area contributed by atoms with Crippen LogP contribution in [0.2, 0.25) is 0 Å². The Kier molecular flexibility index (Phi) is 4.76. The van der Waals surface area contributed by atoms with E-state index in [1.54, 1.807) is 11.0 Å². The molecule has 0 bridgehead atoms. The summed E-state index contributed by atoms with van der Waals surface area (Å²) in [5.41, 5.74) is 5.55. The van der Waals surface area contributed by atoms with Gasteiger partial charge in [0.25, 0.3) is 5.91 Å². The normalized spacial score (nSPS) is 17.9. The van der Waals surface area contributed by atoms with Gasteiger partial charge in [-0.1, -0.05) is 30.0 Å². The minimum Gasteiger partial charge on any atom is -0.318 e. The number of aromatic nitrogens is 1. The summed E-state index contributed by atoms with van der Waals surface area (Å²) in [6.45, 7) is 6.15. The number of para-hydroxylation sites is 1. The molecule has 0 saturated carbocycles. The molecule has 0 spiro atoms. The van der Waals surface area contributed by atoms with Gasteiger partial charge in [-0.15, -0.1) is 0 Å². The van der Waals surface area contributed by atoms with Crippen molar-refractivity contribution in [1.82, 2.24) is 9.47 Å². The van der Waals surface area contributed by atoms with Crippen LogP contribution < -0.4 is 0 Å². The zero-order chi connectivity index (χ0) is 20.0. The number of hydrogen-bond acceptors (Lipinski definition) is 5. The highest BCUT2D eigenvalue weighted by Crippen LogP contribution is 2.32. The number of aliphatic imine (C=N–C) groups is 1. The van der Waals surface area contributed by atoms with Crippen LogP contribution in [-0.4, -0.2) is 37.8 Å². The molecular weight excluding hydrogens is 390 g/mol. The Bertz CT molecular complexity index is 1110. The van der Waals surface area contributed by atoms with Gasteiger partial charge < -0.3 is 4.57 Å². The summed E-state index contributed by atoms with van der Waals surface area (Å²) in [4.78, 5) is 18.3. The predicted molar refractivity (Wildman–Crippen MR) is 119 cm³/mol. The van der Waals surface area contributed by atoms with E-state index in [0.29, 0.717) is 10.3 Å². The molecule has 0 saturated heterocycles. The number of carbonyl (C=O) groups excluding carboxylic acids is 1. The topological polar surface area (TPSA) is 73.8 Å². The van der Waals surface area contributed by atoms with Gasteiger partial charge in [0, 0.05) is 17.1 Å². The Morgan fingerprint density at radius 3 is 2.68 bits per heavy atom. The van der Waals surface area contributed by atoms with Crippen LogP contribution in [-0.2, 0) is 4.79 Å². The number of fused-ring (bicyclic) bond motifs is 1. The number of rotatable bonds is 2. The van der Waals surface area contributed by atoms with Crippen LogP contribution >= 0.6 is 23.7 Å². The largest absolute Gasteiger partial charge is 0.318 e. The maximum Gasteiger partial charge on any atom is 0.283 e. The molecule has 0 aliphatic carbocycles. The lowest BCUT2D eigenvalue weighted by molar-refractivity contribution is -0.114. The van der Waals surface area contributed by atoms with E-state index >= 15 is 0 Å². The van der Waals surface area contributed by atoms with Gasteiger partial charge in [-0.3, -0.25) is 10.2 Å². The first-order valence-corrected chi connectivity index (χ1v) is 10.7. The molecule has 2 aliphatic heterocycles. The van der Waals surface area contributed by atoms with Gasteiger partial charge in [0.2, 0.25) is 5.17 Å². The summed E-state index contributed by atoms with van der Waals surface area (Å²) in [5.74, 6) is -0.282. The maximum atomic E-state index is 12.6. The van der Waals surface area contributed by atoms with Crippen molar-refractivity contribution in [3.05, 3.63) is 58.4 Å². The van der Waals surface area contributed by atoms with Crippen LogP contribution in [0.25, 0.3) is 11.8 Å². The molecule has 142 valence electrons. The average molecular weight is 410 g/mol. The minimum atomic E-state index is -0.401. The van der Waals surface area contributed by atoms with Crippen molar-refractivity contribution in [1.29, 1.82) is 5.41 Å². The Hall–Kier alpha value is -2.58. The van der Waals surface area contributed by atoms with E-state index in [0.717, 1.165) is 34.6 Å². The number of thioether (sulfide) groups is 1. The van der Waals surface area contributed by atoms with Crippen molar-refractivity contribution in [2.45, 2.75) is 20.8 Å². The van der Waals surface area contributed by atoms with E-state index in [-0.39, 0.29) is 11.4 Å². The lowest BCUT2D eigenvalue weighted by atomic mass is 10.1. The van der Waals surface area contributed by atoms with Gasteiger partial charge in [0.1, 0.15) is 5.84 Å². The van der Waals surface area contributed by atoms with Crippen LogP contribution in [0.3, 0.4) is 0 Å². The van der Waals surface area contributed by atoms with Gasteiger partial charge in [0.15, 0.2) is 5.17 Å². The van der Waals surface area contributed by atoms with Crippen LogP contribution in [0.1, 0.15) is 22.5 Å². The van der Waals surface area contributed by atoms with Gasteiger partial charge in [-0.05, 0) is 56.4 Å². The number of carbonyl (C=O) groups is 1. The first-order valence-electron chi connectivity index (χ1n) is 8.70. The number of nitrogens with one attached hydrogen (secondary N) is 1. The zero-order valence-electron chi connectivity index (χ0n) is 16.0. The van der Waals surface area contributed by atoms with Crippen LogP contribution in [0.15, 0.2) is 45.3 Å². The van der Waals surface area contributed by atoms with E-state index in [4.69, 9.17) is 5.41 Å². The number of aryl methyl sites for hydroxylation is 2. The highest BCUT2D eigenvalue weighted by Gasteiger charge is 2.37. The predicted octanol–water partition coefficient (Wildman–Crippen LogP) is 4.34. The van der Waals surface area contributed by atoms with Crippen molar-refractivity contribution in [2.75, 3.05) is 6.26 Å². The first-order chi connectivity index (χ1) is 13.4. The molecule has 2 aliphatic rings. The summed E-state index contributed by atoms with van der Waals surface area (Å²) in [6.07, 6.45) is 3.66. The van der Waals surface area contributed by atoms with E-state index in [1.807, 2.05) is 38.3 Å². The van der Waals surface area contributed by atoms with E-state index in [2.05, 4.69) is 33.0 Å². The zero-order valence-corrected chi connectivity index (χ0v) is 17.6. The molecular formula is C20H19N5OS2. The fraction of sp³-hybridized carbons (Fsp3) is 0.200. The number of amides is 1. The Morgan fingerprint density at radius 1 is 1.21 bits per heavy atom. The van der Waals surface area contributed by atoms with E-state index in [9.17, 15) is 4.79 Å². The molecule has 6 nitrogen and oxygen atoms in total. The smallest absolute Gasteiger partial charge is 0.283 e. The SMILES string of the molecule is CSC1=NSC2=NC(=O)/C(=C\c3cc(C)n(-c4ccccc4C)c3C)C(=N)N12. The Morgan fingerprint density at radius 2 is 1.96 bits per heavy atom. The summed E-state index contributed by atoms with van der Waals surface area (Å²) in [5, 5.41) is 9.67. The third-order valence-corrected chi connectivity index (χ3v) is 6.26. The van der Waals surface area contributed by atoms with Crippen molar-refractivity contribution in [3.63, 3.8) is 0 Å². The van der Waals surface area contributed by atoms with Crippen LogP contribution in [0, 0.1) is 26.2 Å². The number of amidine groups is 3. The van der Waals surface area contributed by atoms with Crippen molar-refractivity contribution < 1.29 is 4.79 Å². The Labute approximate surface area is 172 Å². The highest BCUT2D eigenvalue weighted by atomic mass is 32.2. The summed E-state index contributed by atoms with van der Waals surface area (Å²) in [6, 6.07) is 10.2. The number of benzene rings is 1. The lowest BCUT2D eigenvalue weighted by Crippen LogP contribution is -2.41. The molecule has 4 rings (SSSR count). The molecule has 0 atom stereocenters. The minimum absolute atomic E-state index is 0.119. The van der Waals surface area contributed by atoms with Crippen LogP contribution in [0.4, 0.5) is 0 Å². The highest BCUT2D eigenvalue weighted by molar-refractivity contribution is 8.18. The summed E-state index contributed by atoms with van der Waals surface area (Å²) in [7, 11) is 0. The molecule has 3 heterocycles. The van der Waals surface area contributed by atoms with Gasteiger partial charge >= 0.3 is 0 Å². The van der Waals surface area contributed by atoms with Crippen molar-refractivity contribution >= 4 is 51.9 Å². The summed E-state index contributed by atoms with van der Waals surface area (Å²) < 4.78 is 6.45. The molecule has 1 amide bonds. The standard InChI is InChI=1S/C20H19N5OS2/c1-11-7-5-6-8-16(11)24-12(2)9-14(13(24)3)10-15-17(21)25-19(22-18(15)26)28-23-20(25)27-4/h5-10,21H,1-4H3/b15-10-,21-17?. The van der Waals surface area contributed by atoms with Gasteiger partial charge in [-0.25, -0.2) is 4.90 Å². The Balaban J connectivity index is 1.79. The second-order valence-electron chi connectivity index (χ2n) is 6.56. The quantitative estimate of drug-likeness (QED) is 0.591. The molecule has 0 radical (unpaired) electrons. The fourth-order valence-electron chi connectivity index (χ4n) is 3.41. The van der Waals surface area contributed by atoms with Gasteiger partial charge in [-0.2, -0.15) is 9.39 Å². The van der Waals surface area contributed by atoms with E-state index < -0.39 is 5.91 Å². The number of nitrogens with zero attached hydrogens (tertiary/aromatic N) is 4. The second-order valence-corrected chi connectivity index (χ2v) is 8.06. The molecule has 1 N–H and O–H groups in total. The first kappa shape index (κ1) is 18.8. The second kappa shape index (κ2) is 7.10. The number of hydrogen-bond donors (Lipinski definition) is 1. The monoisotopic (exact) mass is 409 g/mol. The van der Waals surface area contributed by atoms with Crippen molar-refractivity contribution in [3.8, 4) is 5.69 Å². The summed E-state index contributed by atoms with van der Waals surface area (Å²) >= 11 is 2.56. The molecule has 0 unspecified atom stereocenters. The van der Waals surface area contributed by atoms with Crippen LogP contribution in [0.5, 0.6) is 0 Å². The average Bonchev–Trinajstić information content (AvgIpc) is 3.20. The fourth-order valence-corrected chi connectivity index (χ4v) is 4.86. The molecule has 1 aromatic carbocycles. The molecule has 28 heavy (non-hydrogen) atoms. The molecule has 2 aromatic rings. The van der Waals surface area contributed by atoms with Crippen molar-refractivity contribution in [2.24, 2.45) is 9.39 Å². The molecule has 1 aromatic heterocycles. The third-order valence-electron chi connectivity index (χ3n) is 4.80. The molecule has 0 fully saturated rings. The lowest BCUT2D eigenvalue weighted by Gasteiger charge is -2.23. The maximum absolute atomic E-state index is 12.6. The third kappa shape index (κ3) is 2.93.